The van der Waals surface area contributed by atoms with Crippen molar-refractivity contribution in [3.05, 3.63) is 90.1 Å². The van der Waals surface area contributed by atoms with Gasteiger partial charge in [0.2, 0.25) is 0 Å². The van der Waals surface area contributed by atoms with Crippen LogP contribution in [0.25, 0.3) is 32.8 Å². The molecular weight excluding hydrogens is 503 g/mol. The Bertz CT molecular complexity index is 1640. The highest BCUT2D eigenvalue weighted by Gasteiger charge is 2.37. The number of aryl methyl sites for hydroxylation is 1. The van der Waals surface area contributed by atoms with Gasteiger partial charge in [-0.25, -0.2) is 0 Å². The lowest BCUT2D eigenvalue weighted by molar-refractivity contribution is -0.139. The number of nitrogens with one attached hydrogen (secondary N) is 1. The number of furan rings is 1. The predicted octanol–water partition coefficient (Wildman–Crippen LogP) is 6.16. The lowest BCUT2D eigenvalue weighted by Gasteiger charge is -2.28. The summed E-state index contributed by atoms with van der Waals surface area (Å²) in [7, 11) is -1.04. The fourth-order valence-electron chi connectivity index (χ4n) is 4.91. The second kappa shape index (κ2) is 11.1. The second-order valence-electron chi connectivity index (χ2n) is 9.14. The van der Waals surface area contributed by atoms with Gasteiger partial charge in [-0.15, -0.1) is 0 Å². The molecule has 5 aromatic rings. The van der Waals surface area contributed by atoms with Gasteiger partial charge in [0.15, 0.2) is 0 Å². The molecule has 8 nitrogen and oxygen atoms in total. The summed E-state index contributed by atoms with van der Waals surface area (Å²) in [5, 5.41) is 16.1. The molecule has 3 aromatic carbocycles. The highest BCUT2D eigenvalue weighted by Crippen LogP contribution is 2.52. The molecule has 0 aliphatic heterocycles. The Morgan fingerprint density at radius 2 is 1.76 bits per heavy atom. The van der Waals surface area contributed by atoms with Crippen LogP contribution in [-0.2, 0) is 31.2 Å². The Kier molecular flexibility index (Phi) is 7.58. The quantitative estimate of drug-likeness (QED) is 0.195. The molecule has 0 aliphatic carbocycles. The normalized spacial score (nSPS) is 13.7. The third-order valence-corrected chi connectivity index (χ3v) is 9.06. The molecule has 2 aromatic heterocycles. The lowest BCUT2D eigenvalue weighted by Crippen LogP contribution is -2.45. The molecule has 0 radical (unpaired) electrons. The first-order valence-corrected chi connectivity index (χ1v) is 14.0. The minimum absolute atomic E-state index is 0.155. The zero-order chi connectivity index (χ0) is 26.7. The van der Waals surface area contributed by atoms with Crippen LogP contribution in [0.3, 0.4) is 0 Å². The lowest BCUT2D eigenvalue weighted by atomic mass is 10.0. The monoisotopic (exact) mass is 532 g/mol. The van der Waals surface area contributed by atoms with E-state index < -0.39 is 25.4 Å². The standard InChI is InChI=1S/C29H29N2O6P/c1-35-38(34,36-2)27(15-13-21-8-5-7-20-9-6-16-30-28(20)21)31-24(29(32)33)17-19-12-14-23-22-10-3-4-11-25(22)37-26(23)18-19/h3-12,14,16,18,24,27,31H,13,15,17H2,1-2H3,(H,32,33)/t24-,27+/m0/s1. The summed E-state index contributed by atoms with van der Waals surface area (Å²) in [5.74, 6) is -1.92. The number of fused-ring (bicyclic) bond motifs is 4. The molecule has 0 unspecified atom stereocenters. The summed E-state index contributed by atoms with van der Waals surface area (Å²) in [5.41, 5.74) is 4.06. The minimum atomic E-state index is -3.66. The molecule has 5 rings (SSSR count). The van der Waals surface area contributed by atoms with E-state index >= 15 is 0 Å². The number of hydrogen-bond acceptors (Lipinski definition) is 7. The number of rotatable bonds is 11. The molecule has 9 heteroatoms. The highest BCUT2D eigenvalue weighted by atomic mass is 31.2. The zero-order valence-corrected chi connectivity index (χ0v) is 22.1. The van der Waals surface area contributed by atoms with Crippen molar-refractivity contribution in [2.24, 2.45) is 0 Å². The van der Waals surface area contributed by atoms with Crippen molar-refractivity contribution in [3.63, 3.8) is 0 Å². The first-order valence-electron chi connectivity index (χ1n) is 12.3. The zero-order valence-electron chi connectivity index (χ0n) is 21.2. The molecule has 0 fully saturated rings. The maximum atomic E-state index is 13.5. The SMILES string of the molecule is COP(=O)(OC)[C@H](CCc1cccc2cccnc12)N[C@@H](Cc1ccc2c(c1)oc1ccccc12)C(=O)O. The molecule has 38 heavy (non-hydrogen) atoms. The first kappa shape index (κ1) is 26.1. The second-order valence-corrected chi connectivity index (χ2v) is 11.6. The van der Waals surface area contributed by atoms with Crippen molar-refractivity contribution >= 4 is 46.4 Å². The molecule has 196 valence electrons. The molecule has 2 atom stereocenters. The molecule has 0 spiro atoms. The summed E-state index contributed by atoms with van der Waals surface area (Å²) in [4.78, 5) is 16.8. The minimum Gasteiger partial charge on any atom is -0.480 e. The maximum Gasteiger partial charge on any atom is 0.346 e. The van der Waals surface area contributed by atoms with Gasteiger partial charge in [-0.1, -0.05) is 54.6 Å². The Labute approximate surface area is 220 Å². The van der Waals surface area contributed by atoms with Crippen molar-refractivity contribution in [3.8, 4) is 0 Å². The van der Waals surface area contributed by atoms with Gasteiger partial charge in [-0.2, -0.15) is 0 Å². The van der Waals surface area contributed by atoms with Crippen molar-refractivity contribution in [1.29, 1.82) is 0 Å². The van der Waals surface area contributed by atoms with Gasteiger partial charge in [0, 0.05) is 36.6 Å². The van der Waals surface area contributed by atoms with Gasteiger partial charge in [0.25, 0.3) is 0 Å². The van der Waals surface area contributed by atoms with E-state index in [1.807, 2.05) is 72.8 Å². The molecule has 2 heterocycles. The summed E-state index contributed by atoms with van der Waals surface area (Å²) in [6.07, 6.45) is 2.71. The van der Waals surface area contributed by atoms with E-state index in [1.54, 1.807) is 6.20 Å². The van der Waals surface area contributed by atoms with E-state index in [4.69, 9.17) is 13.5 Å². The number of hydrogen-bond donors (Lipinski definition) is 2. The fourth-order valence-corrected chi connectivity index (χ4v) is 6.37. The average molecular weight is 533 g/mol. The average Bonchev–Trinajstić information content (AvgIpc) is 3.32. The van der Waals surface area contributed by atoms with Crippen molar-refractivity contribution in [1.82, 2.24) is 10.3 Å². The highest BCUT2D eigenvalue weighted by molar-refractivity contribution is 7.54. The van der Waals surface area contributed by atoms with Crippen LogP contribution in [0.15, 0.2) is 83.4 Å². The van der Waals surface area contributed by atoms with E-state index in [-0.39, 0.29) is 6.42 Å². The number of pyridine rings is 1. The third kappa shape index (κ3) is 5.22. The number of carboxylic acid groups (broad SMARTS) is 1. The molecule has 0 bridgehead atoms. The van der Waals surface area contributed by atoms with Crippen LogP contribution < -0.4 is 5.32 Å². The Morgan fingerprint density at radius 1 is 1.00 bits per heavy atom. The van der Waals surface area contributed by atoms with E-state index in [9.17, 15) is 14.5 Å². The summed E-state index contributed by atoms with van der Waals surface area (Å²) in [6, 6.07) is 22.2. The van der Waals surface area contributed by atoms with Gasteiger partial charge >= 0.3 is 13.6 Å². The number of aromatic nitrogens is 1. The number of aliphatic carboxylic acids is 1. The van der Waals surface area contributed by atoms with Crippen LogP contribution in [0.4, 0.5) is 0 Å². The van der Waals surface area contributed by atoms with E-state index in [0.29, 0.717) is 18.4 Å². The van der Waals surface area contributed by atoms with E-state index in [2.05, 4.69) is 10.3 Å². The van der Waals surface area contributed by atoms with Crippen LogP contribution in [0.2, 0.25) is 0 Å². The van der Waals surface area contributed by atoms with Crippen LogP contribution >= 0.6 is 7.60 Å². The van der Waals surface area contributed by atoms with Crippen molar-refractivity contribution < 1.29 is 27.9 Å². The largest absolute Gasteiger partial charge is 0.480 e. The summed E-state index contributed by atoms with van der Waals surface area (Å²) in [6.45, 7) is 0. The predicted molar refractivity (Wildman–Crippen MR) is 147 cm³/mol. The molecule has 0 saturated carbocycles. The number of carboxylic acids is 1. The Hall–Kier alpha value is -3.55. The third-order valence-electron chi connectivity index (χ3n) is 6.87. The molecule has 2 N–H and O–H groups in total. The van der Waals surface area contributed by atoms with Crippen LogP contribution in [0, 0.1) is 0 Å². The van der Waals surface area contributed by atoms with Crippen molar-refractivity contribution in [2.75, 3.05) is 14.2 Å². The van der Waals surface area contributed by atoms with Crippen LogP contribution in [0.1, 0.15) is 17.5 Å². The Balaban J connectivity index is 1.40. The van der Waals surface area contributed by atoms with Gasteiger partial charge in [-0.05, 0) is 48.6 Å². The summed E-state index contributed by atoms with van der Waals surface area (Å²) < 4.78 is 30.0. The van der Waals surface area contributed by atoms with Crippen LogP contribution in [-0.4, -0.2) is 42.1 Å². The van der Waals surface area contributed by atoms with Gasteiger partial charge < -0.3 is 18.6 Å². The smallest absolute Gasteiger partial charge is 0.346 e. The topological polar surface area (TPSA) is 111 Å². The number of nitrogens with zero attached hydrogens (tertiary/aromatic N) is 1. The van der Waals surface area contributed by atoms with E-state index in [1.165, 1.54) is 14.2 Å². The van der Waals surface area contributed by atoms with Crippen LogP contribution in [0.5, 0.6) is 0 Å². The fraction of sp³-hybridized carbons (Fsp3) is 0.241. The van der Waals surface area contributed by atoms with Gasteiger partial charge in [0.05, 0.1) is 5.52 Å². The molecule has 0 saturated heterocycles. The van der Waals surface area contributed by atoms with Crippen molar-refractivity contribution in [2.45, 2.75) is 31.1 Å². The summed E-state index contributed by atoms with van der Waals surface area (Å²) >= 11 is 0. The molecular formula is C29H29N2O6P. The Morgan fingerprint density at radius 3 is 2.55 bits per heavy atom. The van der Waals surface area contributed by atoms with Gasteiger partial charge in [0.1, 0.15) is 23.0 Å². The first-order chi connectivity index (χ1) is 18.4. The number of para-hydroxylation sites is 2. The molecule has 0 amide bonds. The van der Waals surface area contributed by atoms with E-state index in [0.717, 1.165) is 38.4 Å². The number of benzene rings is 3. The number of carbonyl (C=O) groups is 1. The van der Waals surface area contributed by atoms with Gasteiger partial charge in [-0.3, -0.25) is 19.7 Å². The maximum absolute atomic E-state index is 13.5. The molecule has 0 aliphatic rings.